The lowest BCUT2D eigenvalue weighted by molar-refractivity contribution is -0.171. The minimum atomic E-state index is -0.895. The van der Waals surface area contributed by atoms with Gasteiger partial charge in [-0.3, -0.25) is 4.79 Å². The Bertz CT molecular complexity index is 310. The Labute approximate surface area is 162 Å². The predicted molar refractivity (Wildman–Crippen MR) is 110 cm³/mol. The molecule has 4 nitrogen and oxygen atoms in total. The van der Waals surface area contributed by atoms with Gasteiger partial charge in [0, 0.05) is 6.54 Å². The Morgan fingerprint density at radius 1 is 0.692 bits per heavy atom. The summed E-state index contributed by atoms with van der Waals surface area (Å²) in [5.41, 5.74) is 0. The van der Waals surface area contributed by atoms with E-state index in [0.29, 0.717) is 13.0 Å². The lowest BCUT2D eigenvalue weighted by atomic mass is 10.0. The van der Waals surface area contributed by atoms with Crippen molar-refractivity contribution in [2.75, 3.05) is 6.54 Å². The Kier molecular flexibility index (Phi) is 18.7. The molecule has 0 heterocycles. The molecule has 0 spiro atoms. The van der Waals surface area contributed by atoms with Gasteiger partial charge in [-0.2, -0.15) is 5.06 Å². The van der Waals surface area contributed by atoms with Crippen LogP contribution in [0.25, 0.3) is 0 Å². The number of hydrogen-bond acceptors (Lipinski definition) is 3. The van der Waals surface area contributed by atoms with E-state index < -0.39 is 12.0 Å². The van der Waals surface area contributed by atoms with Crippen LogP contribution in [0.15, 0.2) is 0 Å². The molecular weight excluding hydrogens is 326 g/mol. The normalized spacial score (nSPS) is 12.6. The van der Waals surface area contributed by atoms with Crippen LogP contribution in [-0.2, 0) is 4.79 Å². The van der Waals surface area contributed by atoms with Crippen molar-refractivity contribution in [1.82, 2.24) is 5.06 Å². The molecular formula is C22H45NO3. The summed E-state index contributed by atoms with van der Waals surface area (Å²) in [4.78, 5) is 11.4. The van der Waals surface area contributed by atoms with Gasteiger partial charge in [-0.05, 0) is 12.8 Å². The van der Waals surface area contributed by atoms with Gasteiger partial charge < -0.3 is 10.3 Å². The molecule has 0 amide bonds. The van der Waals surface area contributed by atoms with Crippen LogP contribution in [0.1, 0.15) is 123 Å². The van der Waals surface area contributed by atoms with Crippen LogP contribution in [-0.4, -0.2) is 33.9 Å². The fourth-order valence-electron chi connectivity index (χ4n) is 3.44. The third kappa shape index (κ3) is 15.6. The lowest BCUT2D eigenvalue weighted by Gasteiger charge is -2.22. The highest BCUT2D eigenvalue weighted by Gasteiger charge is 2.23. The predicted octanol–water partition coefficient (Wildman–Crippen LogP) is 6.80. The highest BCUT2D eigenvalue weighted by molar-refractivity contribution is 5.73. The highest BCUT2D eigenvalue weighted by Crippen LogP contribution is 2.14. The van der Waals surface area contributed by atoms with E-state index in [1.165, 1.54) is 77.0 Å². The molecule has 0 saturated heterocycles. The average Bonchev–Trinajstić information content (AvgIpc) is 2.62. The second kappa shape index (κ2) is 19.2. The topological polar surface area (TPSA) is 60.8 Å². The van der Waals surface area contributed by atoms with E-state index in [9.17, 15) is 15.1 Å². The van der Waals surface area contributed by atoms with Gasteiger partial charge in [-0.25, -0.2) is 0 Å². The van der Waals surface area contributed by atoms with Gasteiger partial charge in [0.05, 0.1) is 0 Å². The van der Waals surface area contributed by atoms with Gasteiger partial charge in [-0.15, -0.1) is 0 Å². The maximum Gasteiger partial charge on any atom is 0.323 e. The number of nitrogens with zero attached hydrogens (tertiary/aromatic N) is 1. The van der Waals surface area contributed by atoms with Crippen molar-refractivity contribution in [2.24, 2.45) is 0 Å². The van der Waals surface area contributed by atoms with Crippen molar-refractivity contribution in [3.8, 4) is 0 Å². The molecule has 0 radical (unpaired) electrons. The van der Waals surface area contributed by atoms with Crippen molar-refractivity contribution >= 4 is 5.97 Å². The van der Waals surface area contributed by atoms with Crippen molar-refractivity contribution in [3.05, 3.63) is 0 Å². The second-order valence-electron chi connectivity index (χ2n) is 7.76. The number of aliphatic carboxylic acids is 1. The van der Waals surface area contributed by atoms with E-state index in [-0.39, 0.29) is 0 Å². The van der Waals surface area contributed by atoms with Gasteiger partial charge in [0.15, 0.2) is 0 Å². The maximum atomic E-state index is 11.4. The number of carboxylic acids is 1. The Morgan fingerprint density at radius 3 is 1.50 bits per heavy atom. The lowest BCUT2D eigenvalue weighted by Crippen LogP contribution is -2.39. The van der Waals surface area contributed by atoms with Crippen LogP contribution in [0.4, 0.5) is 0 Å². The SMILES string of the molecule is CCCCCCCCCCCCN(O)C(CCCCCCCC)C(=O)O. The van der Waals surface area contributed by atoms with Crippen LogP contribution in [0.5, 0.6) is 0 Å². The maximum absolute atomic E-state index is 11.4. The summed E-state index contributed by atoms with van der Waals surface area (Å²) in [5, 5.41) is 20.5. The van der Waals surface area contributed by atoms with Crippen LogP contribution in [0.2, 0.25) is 0 Å². The van der Waals surface area contributed by atoms with Gasteiger partial charge in [0.25, 0.3) is 0 Å². The quantitative estimate of drug-likeness (QED) is 0.182. The van der Waals surface area contributed by atoms with Crippen LogP contribution in [0, 0.1) is 0 Å². The molecule has 26 heavy (non-hydrogen) atoms. The summed E-state index contributed by atoms with van der Waals surface area (Å²) < 4.78 is 0. The zero-order valence-corrected chi connectivity index (χ0v) is 17.6. The minimum Gasteiger partial charge on any atom is -0.480 e. The first-order valence-corrected chi connectivity index (χ1v) is 11.3. The molecule has 0 aromatic carbocycles. The van der Waals surface area contributed by atoms with E-state index in [2.05, 4.69) is 13.8 Å². The first-order chi connectivity index (χ1) is 12.6. The average molecular weight is 372 g/mol. The minimum absolute atomic E-state index is 0.475. The smallest absolute Gasteiger partial charge is 0.323 e. The number of unbranched alkanes of at least 4 members (excludes halogenated alkanes) is 14. The van der Waals surface area contributed by atoms with Crippen LogP contribution < -0.4 is 0 Å². The van der Waals surface area contributed by atoms with Crippen molar-refractivity contribution in [1.29, 1.82) is 0 Å². The molecule has 0 aliphatic heterocycles. The number of rotatable bonds is 20. The summed E-state index contributed by atoms with van der Waals surface area (Å²) in [6.07, 6.45) is 19.8. The third-order valence-corrected chi connectivity index (χ3v) is 5.22. The molecule has 4 heteroatoms. The first kappa shape index (κ1) is 25.4. The number of hydroxylamine groups is 2. The molecule has 0 aliphatic carbocycles. The Hall–Kier alpha value is -0.610. The van der Waals surface area contributed by atoms with Crippen molar-refractivity contribution in [2.45, 2.75) is 129 Å². The molecule has 0 fully saturated rings. The molecule has 2 N–H and O–H groups in total. The molecule has 0 bridgehead atoms. The largest absolute Gasteiger partial charge is 0.480 e. The van der Waals surface area contributed by atoms with Gasteiger partial charge >= 0.3 is 5.97 Å². The summed E-state index contributed by atoms with van der Waals surface area (Å²) in [6.45, 7) is 4.91. The standard InChI is InChI=1S/C22H45NO3/c1-3-5-7-9-11-12-13-14-16-18-20-23(26)21(22(24)25)19-17-15-10-8-6-4-2/h21,26H,3-20H2,1-2H3,(H,24,25). The molecule has 0 aliphatic rings. The summed E-state index contributed by atoms with van der Waals surface area (Å²) >= 11 is 0. The Morgan fingerprint density at radius 2 is 1.08 bits per heavy atom. The van der Waals surface area contributed by atoms with Gasteiger partial charge in [0.1, 0.15) is 6.04 Å². The van der Waals surface area contributed by atoms with Gasteiger partial charge in [0.2, 0.25) is 0 Å². The molecule has 0 saturated carbocycles. The number of carbonyl (C=O) groups is 1. The van der Waals surface area contributed by atoms with Crippen LogP contribution in [0.3, 0.4) is 0 Å². The van der Waals surface area contributed by atoms with Gasteiger partial charge in [-0.1, -0.05) is 110 Å². The van der Waals surface area contributed by atoms with Crippen LogP contribution >= 0.6 is 0 Å². The van der Waals surface area contributed by atoms with Crippen molar-refractivity contribution in [3.63, 3.8) is 0 Å². The Balaban J connectivity index is 3.65. The number of hydrogen-bond donors (Lipinski definition) is 2. The molecule has 156 valence electrons. The van der Waals surface area contributed by atoms with E-state index in [0.717, 1.165) is 30.7 Å². The fraction of sp³-hybridized carbons (Fsp3) is 0.955. The van der Waals surface area contributed by atoms with E-state index in [1.54, 1.807) is 0 Å². The molecule has 1 unspecified atom stereocenters. The monoisotopic (exact) mass is 371 g/mol. The number of carboxylic acid groups (broad SMARTS) is 1. The fourth-order valence-corrected chi connectivity index (χ4v) is 3.44. The summed E-state index contributed by atoms with van der Waals surface area (Å²) in [5.74, 6) is -0.895. The zero-order chi connectivity index (χ0) is 19.5. The molecule has 0 aromatic rings. The zero-order valence-electron chi connectivity index (χ0n) is 17.6. The highest BCUT2D eigenvalue weighted by atomic mass is 16.5. The molecule has 1 atom stereocenters. The summed E-state index contributed by atoms with van der Waals surface area (Å²) in [7, 11) is 0. The van der Waals surface area contributed by atoms with E-state index in [4.69, 9.17) is 0 Å². The first-order valence-electron chi connectivity index (χ1n) is 11.3. The van der Waals surface area contributed by atoms with E-state index >= 15 is 0 Å². The van der Waals surface area contributed by atoms with E-state index in [1.807, 2.05) is 0 Å². The second-order valence-corrected chi connectivity index (χ2v) is 7.76. The third-order valence-electron chi connectivity index (χ3n) is 5.22. The van der Waals surface area contributed by atoms with Crippen molar-refractivity contribution < 1.29 is 15.1 Å². The molecule has 0 rings (SSSR count). The molecule has 0 aromatic heterocycles. The summed E-state index contributed by atoms with van der Waals surface area (Å²) in [6, 6.07) is -0.736.